The lowest BCUT2D eigenvalue weighted by Gasteiger charge is -2.31. The molecule has 0 unspecified atom stereocenters. The first-order valence-electron chi connectivity index (χ1n) is 17.3. The summed E-state index contributed by atoms with van der Waals surface area (Å²) >= 11 is 0. The van der Waals surface area contributed by atoms with Crippen LogP contribution in [-0.2, 0) is 10.8 Å². The molecule has 10 rings (SSSR count). The molecule has 0 heterocycles. The van der Waals surface area contributed by atoms with Crippen molar-refractivity contribution < 1.29 is 25.5 Å². The van der Waals surface area contributed by atoms with Crippen molar-refractivity contribution in [2.45, 2.75) is 24.7 Å². The van der Waals surface area contributed by atoms with Gasteiger partial charge in [-0.25, -0.2) is 0 Å². The average Bonchev–Trinajstić information content (AvgIpc) is 3.71. The van der Waals surface area contributed by atoms with Crippen LogP contribution in [0.15, 0.2) is 127 Å². The molecule has 0 saturated heterocycles. The fraction of sp³-hybridized carbons (Fsp3) is 0.0870. The molecule has 0 fully saturated rings. The Hall–Kier alpha value is -6.66. The zero-order valence-electron chi connectivity index (χ0n) is 28.4. The molecule has 7 aromatic carbocycles. The van der Waals surface area contributed by atoms with Gasteiger partial charge in [0.25, 0.3) is 0 Å². The largest absolute Gasteiger partial charge is 0.504 e. The summed E-state index contributed by atoms with van der Waals surface area (Å²) in [5.74, 6) is -4.25. The molecular weight excluding hydrogens is 647 g/mol. The third-order valence-corrected chi connectivity index (χ3v) is 11.6. The molecule has 0 aromatic heterocycles. The molecule has 3 aliphatic carbocycles. The monoisotopic (exact) mass is 679 g/mol. The summed E-state index contributed by atoms with van der Waals surface area (Å²) in [5.41, 5.74) is 14.9. The summed E-state index contributed by atoms with van der Waals surface area (Å²) in [5, 5.41) is 56.7. The Bertz CT molecular complexity index is 2630. The number of hydrogen-bond donors (Lipinski definition) is 6. The predicted octanol–water partition coefficient (Wildman–Crippen LogP) is 10.3. The second-order valence-electron chi connectivity index (χ2n) is 14.5. The highest BCUT2D eigenvalue weighted by molar-refractivity contribution is 5.98. The van der Waals surface area contributed by atoms with Gasteiger partial charge in [0, 0.05) is 16.8 Å². The standard InChI is InChI=1S/C46H33NO5/c1-45(2)33-12-6-3-9-27(33)30-19-16-25(22-36(30)45)47-26-17-20-32-31-18-15-24(39-40(48)42(50)44(52)43(51)41(39)49)21-37(31)46(38(32)23-26)34-13-7-4-10-28(34)29-11-5-8-14-35(29)46/h3-23,47-52H,1-2H3. The van der Waals surface area contributed by atoms with Crippen molar-refractivity contribution in [3.8, 4) is 73.3 Å². The molecule has 52 heavy (non-hydrogen) atoms. The van der Waals surface area contributed by atoms with Crippen molar-refractivity contribution in [3.63, 3.8) is 0 Å². The minimum Gasteiger partial charge on any atom is -0.504 e. The van der Waals surface area contributed by atoms with Gasteiger partial charge in [-0.05, 0) is 103 Å². The van der Waals surface area contributed by atoms with Crippen LogP contribution < -0.4 is 5.32 Å². The quantitative estimate of drug-likeness (QED) is 0.0819. The van der Waals surface area contributed by atoms with Crippen LogP contribution in [0.1, 0.15) is 47.2 Å². The lowest BCUT2D eigenvalue weighted by Crippen LogP contribution is -2.26. The van der Waals surface area contributed by atoms with Crippen LogP contribution in [0, 0.1) is 0 Å². The van der Waals surface area contributed by atoms with Gasteiger partial charge in [-0.3, -0.25) is 0 Å². The van der Waals surface area contributed by atoms with Crippen LogP contribution in [0.2, 0.25) is 0 Å². The number of nitrogens with one attached hydrogen (secondary N) is 1. The lowest BCUT2D eigenvalue weighted by atomic mass is 9.70. The van der Waals surface area contributed by atoms with Gasteiger partial charge >= 0.3 is 0 Å². The van der Waals surface area contributed by atoms with E-state index in [1.165, 1.54) is 22.3 Å². The Labute approximate surface area is 300 Å². The van der Waals surface area contributed by atoms with Crippen LogP contribution in [0.4, 0.5) is 11.4 Å². The second-order valence-corrected chi connectivity index (χ2v) is 14.5. The van der Waals surface area contributed by atoms with E-state index in [4.69, 9.17) is 0 Å². The van der Waals surface area contributed by atoms with Crippen LogP contribution in [0.25, 0.3) is 44.5 Å². The molecule has 0 aliphatic heterocycles. The first kappa shape index (κ1) is 30.2. The Kier molecular flexibility index (Phi) is 5.92. The Balaban J connectivity index is 1.18. The van der Waals surface area contributed by atoms with E-state index in [0.717, 1.165) is 55.9 Å². The Morgan fingerprint density at radius 2 is 0.788 bits per heavy atom. The number of hydrogen-bond acceptors (Lipinski definition) is 6. The number of aromatic hydroxyl groups is 5. The zero-order chi connectivity index (χ0) is 35.7. The van der Waals surface area contributed by atoms with Crippen molar-refractivity contribution in [3.05, 3.63) is 161 Å². The number of fused-ring (bicyclic) bond motifs is 13. The topological polar surface area (TPSA) is 113 Å². The van der Waals surface area contributed by atoms with Gasteiger partial charge in [-0.15, -0.1) is 0 Å². The highest BCUT2D eigenvalue weighted by Crippen LogP contribution is 2.64. The molecule has 0 radical (unpaired) electrons. The fourth-order valence-electron chi connectivity index (χ4n) is 9.28. The van der Waals surface area contributed by atoms with E-state index >= 15 is 0 Å². The smallest absolute Gasteiger partial charge is 0.208 e. The number of anilines is 2. The van der Waals surface area contributed by atoms with Crippen LogP contribution >= 0.6 is 0 Å². The SMILES string of the molecule is CC1(C)c2ccccc2-c2ccc(Nc3ccc4c(c3)C3(c5ccccc5-c5ccccc53)c3cc(-c5c(O)c(O)c(O)c(O)c5O)ccc3-4)cc21. The van der Waals surface area contributed by atoms with E-state index in [2.05, 4.69) is 104 Å². The number of rotatable bonds is 3. The van der Waals surface area contributed by atoms with Crippen LogP contribution in [-0.4, -0.2) is 25.5 Å². The van der Waals surface area contributed by atoms with Crippen molar-refractivity contribution >= 4 is 11.4 Å². The number of benzene rings is 7. The van der Waals surface area contributed by atoms with E-state index in [-0.39, 0.29) is 11.0 Å². The van der Waals surface area contributed by atoms with Crippen molar-refractivity contribution in [1.29, 1.82) is 0 Å². The van der Waals surface area contributed by atoms with Gasteiger partial charge in [0.1, 0.15) is 0 Å². The van der Waals surface area contributed by atoms with Gasteiger partial charge in [-0.1, -0.05) is 111 Å². The summed E-state index contributed by atoms with van der Waals surface area (Å²) < 4.78 is 0. The predicted molar refractivity (Wildman–Crippen MR) is 204 cm³/mol. The van der Waals surface area contributed by atoms with Gasteiger partial charge in [-0.2, -0.15) is 0 Å². The lowest BCUT2D eigenvalue weighted by molar-refractivity contribution is 0.330. The highest BCUT2D eigenvalue weighted by Gasteiger charge is 2.52. The molecule has 0 amide bonds. The van der Waals surface area contributed by atoms with Crippen LogP contribution in [0.3, 0.4) is 0 Å². The molecule has 6 heteroatoms. The fourth-order valence-corrected chi connectivity index (χ4v) is 9.28. The minimum atomic E-state index is -0.987. The Morgan fingerprint density at radius 3 is 1.37 bits per heavy atom. The van der Waals surface area contributed by atoms with Crippen molar-refractivity contribution in [1.82, 2.24) is 0 Å². The Morgan fingerprint density at radius 1 is 0.385 bits per heavy atom. The van der Waals surface area contributed by atoms with E-state index in [1.807, 2.05) is 36.4 Å². The van der Waals surface area contributed by atoms with Gasteiger partial charge in [0.15, 0.2) is 11.5 Å². The molecule has 6 nitrogen and oxygen atoms in total. The van der Waals surface area contributed by atoms with E-state index < -0.39 is 34.2 Å². The first-order valence-corrected chi connectivity index (χ1v) is 17.3. The summed E-state index contributed by atoms with van der Waals surface area (Å²) in [6.45, 7) is 4.56. The molecule has 3 aliphatic rings. The summed E-state index contributed by atoms with van der Waals surface area (Å²) in [4.78, 5) is 0. The van der Waals surface area contributed by atoms with Crippen molar-refractivity contribution in [2.75, 3.05) is 5.32 Å². The van der Waals surface area contributed by atoms with E-state index in [1.54, 1.807) is 6.07 Å². The van der Waals surface area contributed by atoms with Gasteiger partial charge in [0.2, 0.25) is 17.2 Å². The molecule has 252 valence electrons. The second kappa shape index (κ2) is 10.2. The summed E-state index contributed by atoms with van der Waals surface area (Å²) in [6.07, 6.45) is 0. The normalized spacial score (nSPS) is 14.7. The molecule has 6 N–H and O–H groups in total. The van der Waals surface area contributed by atoms with Gasteiger partial charge in [0.05, 0.1) is 11.0 Å². The minimum absolute atomic E-state index is 0.129. The highest BCUT2D eigenvalue weighted by atomic mass is 16.4. The number of phenolic OH excluding ortho intramolecular Hbond substituents is 5. The third-order valence-electron chi connectivity index (χ3n) is 11.6. The maximum Gasteiger partial charge on any atom is 0.208 e. The third kappa shape index (κ3) is 3.68. The van der Waals surface area contributed by atoms with Gasteiger partial charge < -0.3 is 30.8 Å². The summed E-state index contributed by atoms with van der Waals surface area (Å²) in [6, 6.07) is 44.1. The summed E-state index contributed by atoms with van der Waals surface area (Å²) in [7, 11) is 0. The zero-order valence-corrected chi connectivity index (χ0v) is 28.4. The molecule has 1 spiro atoms. The number of phenols is 5. The van der Waals surface area contributed by atoms with E-state index in [0.29, 0.717) is 5.56 Å². The maximum atomic E-state index is 11.0. The van der Waals surface area contributed by atoms with Crippen LogP contribution in [0.5, 0.6) is 28.7 Å². The first-order chi connectivity index (χ1) is 25.1. The molecule has 0 atom stereocenters. The van der Waals surface area contributed by atoms with Crippen molar-refractivity contribution in [2.24, 2.45) is 0 Å². The van der Waals surface area contributed by atoms with E-state index in [9.17, 15) is 25.5 Å². The average molecular weight is 680 g/mol. The molecule has 7 aromatic rings. The maximum absolute atomic E-state index is 11.0. The molecular formula is C46H33NO5. The molecule has 0 bridgehead atoms. The molecule has 0 saturated carbocycles.